The van der Waals surface area contributed by atoms with Crippen LogP contribution in [0.5, 0.6) is 0 Å². The Kier molecular flexibility index (Phi) is 7.67. The average Bonchev–Trinajstić information content (AvgIpc) is 2.49. The number of halogens is 3. The molecular weight excluding hydrogens is 368 g/mol. The summed E-state index contributed by atoms with van der Waals surface area (Å²) in [6, 6.07) is 4.46. The Morgan fingerprint density at radius 2 is 1.85 bits per heavy atom. The number of rotatable bonds is 6. The van der Waals surface area contributed by atoms with Gasteiger partial charge in [-0.05, 0) is 31.8 Å². The number of alkyl carbamates (subject to hydrolysis) is 1. The van der Waals surface area contributed by atoms with E-state index in [0.717, 1.165) is 0 Å². The summed E-state index contributed by atoms with van der Waals surface area (Å²) in [5.74, 6) is -1.05. The van der Waals surface area contributed by atoms with Gasteiger partial charge in [0.05, 0.1) is 0 Å². The molecule has 27 heavy (non-hydrogen) atoms. The zero-order valence-electron chi connectivity index (χ0n) is 15.1. The van der Waals surface area contributed by atoms with E-state index in [2.05, 4.69) is 5.32 Å². The van der Waals surface area contributed by atoms with Gasteiger partial charge < -0.3 is 25.4 Å². The van der Waals surface area contributed by atoms with Gasteiger partial charge in [-0.25, -0.2) is 4.79 Å². The van der Waals surface area contributed by atoms with Gasteiger partial charge in [0.2, 0.25) is 5.91 Å². The van der Waals surface area contributed by atoms with Crippen molar-refractivity contribution < 1.29 is 37.5 Å². The second-order valence-electron chi connectivity index (χ2n) is 6.85. The lowest BCUT2D eigenvalue weighted by Gasteiger charge is -2.23. The number of hydrogen-bond donors (Lipinski definition) is 4. The van der Waals surface area contributed by atoms with Crippen LogP contribution >= 0.6 is 0 Å². The van der Waals surface area contributed by atoms with E-state index in [1.165, 1.54) is 24.3 Å². The lowest BCUT2D eigenvalue weighted by molar-refractivity contribution is -0.139. The lowest BCUT2D eigenvalue weighted by Crippen LogP contribution is -2.51. The minimum Gasteiger partial charge on any atom is -0.444 e. The number of alkyl halides is 3. The first kappa shape index (κ1) is 22.8. The number of nitrogens with one attached hydrogen (secondary N) is 2. The van der Waals surface area contributed by atoms with Crippen LogP contribution in [0.2, 0.25) is 0 Å². The van der Waals surface area contributed by atoms with Crippen LogP contribution < -0.4 is 16.1 Å². The van der Waals surface area contributed by atoms with E-state index in [4.69, 9.17) is 4.74 Å². The van der Waals surface area contributed by atoms with Crippen molar-refractivity contribution >= 4 is 24.6 Å². The molecule has 1 atom stereocenters. The van der Waals surface area contributed by atoms with Gasteiger partial charge in [-0.1, -0.05) is 24.3 Å². The highest BCUT2D eigenvalue weighted by atomic mass is 19.4. The maximum Gasteiger partial charge on any atom is 0.488 e. The van der Waals surface area contributed by atoms with Crippen LogP contribution in [0.25, 0.3) is 0 Å². The van der Waals surface area contributed by atoms with Gasteiger partial charge in [0.1, 0.15) is 18.2 Å². The van der Waals surface area contributed by atoms with Crippen molar-refractivity contribution in [3.63, 3.8) is 0 Å². The highest BCUT2D eigenvalue weighted by molar-refractivity contribution is 6.58. The Morgan fingerprint density at radius 1 is 1.22 bits per heavy atom. The first-order valence-corrected chi connectivity index (χ1v) is 8.06. The number of carbonyl (C=O) groups excluding carboxylic acids is 2. The summed E-state index contributed by atoms with van der Waals surface area (Å²) < 4.78 is 42.1. The predicted octanol–water partition coefficient (Wildman–Crippen LogP) is 0.481. The monoisotopic (exact) mass is 390 g/mol. The van der Waals surface area contributed by atoms with Crippen LogP contribution in [-0.2, 0) is 16.0 Å². The highest BCUT2D eigenvalue weighted by Crippen LogP contribution is 2.13. The molecule has 7 nitrogen and oxygen atoms in total. The molecule has 0 saturated heterocycles. The summed E-state index contributed by atoms with van der Waals surface area (Å²) in [4.78, 5) is 24.1. The van der Waals surface area contributed by atoms with Crippen molar-refractivity contribution in [1.82, 2.24) is 10.6 Å². The van der Waals surface area contributed by atoms with Crippen LogP contribution in [0.4, 0.5) is 18.0 Å². The van der Waals surface area contributed by atoms with E-state index in [1.54, 1.807) is 26.1 Å². The molecule has 1 aromatic carbocycles. The molecule has 11 heteroatoms. The van der Waals surface area contributed by atoms with Crippen LogP contribution in [0.3, 0.4) is 0 Å². The molecule has 0 aliphatic carbocycles. The summed E-state index contributed by atoms with van der Waals surface area (Å²) in [5.41, 5.74) is -0.319. The maximum absolute atomic E-state index is 12.4. The van der Waals surface area contributed by atoms with Crippen LogP contribution in [0.15, 0.2) is 24.3 Å². The molecule has 2 amide bonds. The van der Waals surface area contributed by atoms with E-state index in [9.17, 15) is 32.8 Å². The van der Waals surface area contributed by atoms with Gasteiger partial charge in [-0.2, -0.15) is 13.2 Å². The smallest absolute Gasteiger partial charge is 0.444 e. The van der Waals surface area contributed by atoms with Crippen molar-refractivity contribution in [2.45, 2.75) is 45.0 Å². The number of ether oxygens (including phenoxy) is 1. The fourth-order valence-electron chi connectivity index (χ4n) is 2.09. The topological polar surface area (TPSA) is 108 Å². The predicted molar refractivity (Wildman–Crippen MR) is 92.2 cm³/mol. The Labute approximate surface area is 155 Å². The van der Waals surface area contributed by atoms with Crippen molar-refractivity contribution in [2.24, 2.45) is 0 Å². The molecule has 0 bridgehead atoms. The number of carbonyl (C=O) groups is 2. The number of hydrogen-bond acceptors (Lipinski definition) is 5. The van der Waals surface area contributed by atoms with Crippen LogP contribution in [0.1, 0.15) is 26.3 Å². The molecule has 1 aromatic rings. The average molecular weight is 390 g/mol. The molecule has 1 rings (SSSR count). The Bertz CT molecular complexity index is 662. The van der Waals surface area contributed by atoms with E-state index < -0.39 is 43.5 Å². The van der Waals surface area contributed by atoms with E-state index in [1.807, 2.05) is 0 Å². The Hall–Kier alpha value is -2.27. The third-order valence-corrected chi connectivity index (χ3v) is 3.16. The SMILES string of the molecule is CC(C)(C)OC(=O)N[C@@H](Cc1cccc(B(O)O)c1)C(=O)NCC(F)(F)F. The molecule has 150 valence electrons. The third-order valence-electron chi connectivity index (χ3n) is 3.16. The minimum absolute atomic E-state index is 0.138. The van der Waals surface area contributed by atoms with Gasteiger partial charge >= 0.3 is 19.4 Å². The normalized spacial score (nSPS) is 12.9. The molecule has 0 heterocycles. The lowest BCUT2D eigenvalue weighted by atomic mass is 9.79. The summed E-state index contributed by atoms with van der Waals surface area (Å²) >= 11 is 0. The zero-order valence-corrected chi connectivity index (χ0v) is 15.1. The summed E-state index contributed by atoms with van der Waals surface area (Å²) in [7, 11) is -1.75. The molecule has 0 radical (unpaired) electrons. The van der Waals surface area contributed by atoms with E-state index in [-0.39, 0.29) is 11.9 Å². The number of benzene rings is 1. The van der Waals surface area contributed by atoms with Crippen molar-refractivity contribution in [3.05, 3.63) is 29.8 Å². The molecule has 0 aliphatic heterocycles. The van der Waals surface area contributed by atoms with Crippen LogP contribution in [0, 0.1) is 0 Å². The third kappa shape index (κ3) is 9.29. The van der Waals surface area contributed by atoms with Gasteiger partial charge in [-0.15, -0.1) is 0 Å². The number of amides is 2. The van der Waals surface area contributed by atoms with Gasteiger partial charge in [0, 0.05) is 6.42 Å². The summed E-state index contributed by atoms with van der Waals surface area (Å²) in [6.45, 7) is 3.24. The fourth-order valence-corrected chi connectivity index (χ4v) is 2.09. The van der Waals surface area contributed by atoms with E-state index >= 15 is 0 Å². The Morgan fingerprint density at radius 3 is 2.37 bits per heavy atom. The molecule has 0 aromatic heterocycles. The van der Waals surface area contributed by atoms with E-state index in [0.29, 0.717) is 5.56 Å². The molecule has 4 N–H and O–H groups in total. The zero-order chi connectivity index (χ0) is 20.8. The molecule has 0 saturated carbocycles. The summed E-state index contributed by atoms with van der Waals surface area (Å²) in [6.07, 6.45) is -5.75. The molecule has 0 aliphatic rings. The second-order valence-corrected chi connectivity index (χ2v) is 6.85. The van der Waals surface area contributed by atoms with Gasteiger partial charge in [0.25, 0.3) is 0 Å². The first-order valence-electron chi connectivity index (χ1n) is 8.06. The quantitative estimate of drug-likeness (QED) is 0.529. The fraction of sp³-hybridized carbons (Fsp3) is 0.500. The first-order chi connectivity index (χ1) is 12.3. The molecule has 0 fully saturated rings. The molecular formula is C16H22BF3N2O5. The largest absolute Gasteiger partial charge is 0.488 e. The van der Waals surface area contributed by atoms with Crippen molar-refractivity contribution in [3.8, 4) is 0 Å². The Balaban J connectivity index is 2.94. The minimum atomic E-state index is -4.60. The van der Waals surface area contributed by atoms with Gasteiger partial charge in [0.15, 0.2) is 0 Å². The maximum atomic E-state index is 12.4. The van der Waals surface area contributed by atoms with Crippen LogP contribution in [-0.4, -0.2) is 53.5 Å². The molecule has 0 unspecified atom stereocenters. The molecule has 0 spiro atoms. The van der Waals surface area contributed by atoms with Gasteiger partial charge in [-0.3, -0.25) is 4.79 Å². The summed E-state index contributed by atoms with van der Waals surface area (Å²) in [5, 5.41) is 22.4. The highest BCUT2D eigenvalue weighted by Gasteiger charge is 2.31. The second kappa shape index (κ2) is 9.09. The standard InChI is InChI=1S/C16H22BF3N2O5/c1-15(2,3)27-14(24)22-12(13(23)21-9-16(18,19)20)8-10-5-4-6-11(7-10)17(25)26/h4-7,12,25-26H,8-9H2,1-3H3,(H,21,23)(H,22,24)/t12-/m0/s1. The van der Waals surface area contributed by atoms with Crippen molar-refractivity contribution in [1.29, 1.82) is 0 Å². The van der Waals surface area contributed by atoms with Crippen molar-refractivity contribution in [2.75, 3.05) is 6.54 Å².